The van der Waals surface area contributed by atoms with Crippen LogP contribution in [0.2, 0.25) is 0 Å². The number of carbonyl (C=O) groups is 1. The highest BCUT2D eigenvalue weighted by Gasteiger charge is 2.10. The fraction of sp³-hybridized carbons (Fsp3) is 0.800. The summed E-state index contributed by atoms with van der Waals surface area (Å²) in [7, 11) is -2.05. The van der Waals surface area contributed by atoms with Crippen molar-refractivity contribution in [1.29, 1.82) is 5.26 Å². The van der Waals surface area contributed by atoms with E-state index in [2.05, 4.69) is 9.46 Å². The summed E-state index contributed by atoms with van der Waals surface area (Å²) in [5.74, 6) is -0.491. The number of sulfonamides is 1. The fourth-order valence-corrected chi connectivity index (χ4v) is 2.26. The number of methoxy groups -OCH3 is 1. The van der Waals surface area contributed by atoms with Crippen LogP contribution in [0, 0.1) is 11.3 Å². The lowest BCUT2D eigenvalue weighted by Gasteiger charge is -2.05. The summed E-state index contributed by atoms with van der Waals surface area (Å²) in [5, 5.41) is 8.28. The molecule has 0 spiro atoms. The Kier molecular flexibility index (Phi) is 8.36. The molecule has 0 unspecified atom stereocenters. The van der Waals surface area contributed by atoms with Crippen LogP contribution >= 0.6 is 0 Å². The van der Waals surface area contributed by atoms with Crippen LogP contribution in [0.3, 0.4) is 0 Å². The van der Waals surface area contributed by atoms with Crippen LogP contribution in [0.5, 0.6) is 0 Å². The maximum atomic E-state index is 11.4. The third-order valence-electron chi connectivity index (χ3n) is 2.06. The van der Waals surface area contributed by atoms with Crippen molar-refractivity contribution < 1.29 is 17.9 Å². The lowest BCUT2D eigenvalue weighted by molar-refractivity contribution is -0.140. The normalized spacial score (nSPS) is 10.8. The molecule has 0 radical (unpaired) electrons. The van der Waals surface area contributed by atoms with E-state index in [-0.39, 0.29) is 18.6 Å². The number of nitriles is 1. The Balaban J connectivity index is 3.67. The van der Waals surface area contributed by atoms with Gasteiger partial charge >= 0.3 is 5.97 Å². The first-order valence-electron chi connectivity index (χ1n) is 5.43. The van der Waals surface area contributed by atoms with Crippen LogP contribution < -0.4 is 4.72 Å². The number of esters is 1. The van der Waals surface area contributed by atoms with E-state index in [0.717, 1.165) is 0 Å². The molecule has 0 aromatic heterocycles. The summed E-state index contributed by atoms with van der Waals surface area (Å²) in [6, 6.07) is 1.99. The molecule has 0 heterocycles. The van der Waals surface area contributed by atoms with E-state index < -0.39 is 16.0 Å². The molecule has 0 rings (SSSR count). The minimum atomic E-state index is -3.31. The minimum Gasteiger partial charge on any atom is -0.469 e. The Hall–Kier alpha value is -1.13. The standard InChI is InChI=1S/C10H18N2O4S/c1-16-10(13)6-5-9-17(14,15)12-8-4-2-3-7-11/h12H,2-6,8-9H2,1H3. The summed E-state index contributed by atoms with van der Waals surface area (Å²) in [6.07, 6.45) is 2.11. The highest BCUT2D eigenvalue weighted by atomic mass is 32.2. The van der Waals surface area contributed by atoms with E-state index in [0.29, 0.717) is 25.8 Å². The highest BCUT2D eigenvalue weighted by Crippen LogP contribution is 1.98. The number of carbonyl (C=O) groups excluding carboxylic acids is 1. The Morgan fingerprint density at radius 1 is 1.35 bits per heavy atom. The topological polar surface area (TPSA) is 96.3 Å². The molecule has 0 aromatic rings. The first-order valence-corrected chi connectivity index (χ1v) is 7.08. The van der Waals surface area contributed by atoms with Crippen molar-refractivity contribution in [2.45, 2.75) is 32.1 Å². The summed E-state index contributed by atoms with van der Waals surface area (Å²) in [6.45, 7) is 0.336. The molecular formula is C10H18N2O4S. The molecule has 0 amide bonds. The van der Waals surface area contributed by atoms with E-state index in [9.17, 15) is 13.2 Å². The van der Waals surface area contributed by atoms with Gasteiger partial charge in [-0.2, -0.15) is 5.26 Å². The fourth-order valence-electron chi connectivity index (χ4n) is 1.14. The van der Waals surface area contributed by atoms with Crippen LogP contribution in [-0.2, 0) is 19.6 Å². The van der Waals surface area contributed by atoms with Crippen molar-refractivity contribution in [3.05, 3.63) is 0 Å². The third kappa shape index (κ3) is 9.78. The van der Waals surface area contributed by atoms with Crippen molar-refractivity contribution in [1.82, 2.24) is 4.72 Å². The molecule has 0 saturated heterocycles. The summed E-state index contributed by atoms with van der Waals surface area (Å²) in [4.78, 5) is 10.8. The number of nitrogens with zero attached hydrogens (tertiary/aromatic N) is 1. The van der Waals surface area contributed by atoms with E-state index in [1.807, 2.05) is 6.07 Å². The smallest absolute Gasteiger partial charge is 0.305 e. The number of hydrogen-bond donors (Lipinski definition) is 1. The number of unbranched alkanes of at least 4 members (excludes halogenated alkanes) is 2. The van der Waals surface area contributed by atoms with Gasteiger partial charge in [-0.15, -0.1) is 0 Å². The zero-order valence-corrected chi connectivity index (χ0v) is 10.8. The lowest BCUT2D eigenvalue weighted by Crippen LogP contribution is -2.27. The molecule has 1 N–H and O–H groups in total. The number of rotatable bonds is 9. The van der Waals surface area contributed by atoms with Crippen LogP contribution in [0.1, 0.15) is 32.1 Å². The molecule has 0 atom stereocenters. The highest BCUT2D eigenvalue weighted by molar-refractivity contribution is 7.89. The molecule has 7 heteroatoms. The Labute approximate surface area is 102 Å². The largest absolute Gasteiger partial charge is 0.469 e. The van der Waals surface area contributed by atoms with Gasteiger partial charge in [0.05, 0.1) is 18.9 Å². The Bertz CT molecular complexity index is 359. The predicted octanol–water partition coefficient (Wildman–Crippen LogP) is 0.553. The molecule has 0 aliphatic heterocycles. The van der Waals surface area contributed by atoms with Crippen LogP contribution in [0.4, 0.5) is 0 Å². The van der Waals surface area contributed by atoms with Crippen molar-refractivity contribution in [3.8, 4) is 6.07 Å². The second-order valence-electron chi connectivity index (χ2n) is 3.51. The monoisotopic (exact) mass is 262 g/mol. The lowest BCUT2D eigenvalue weighted by atomic mass is 10.2. The first kappa shape index (κ1) is 15.9. The molecule has 0 fully saturated rings. The first-order chi connectivity index (χ1) is 8.02. The van der Waals surface area contributed by atoms with Gasteiger partial charge in [0.2, 0.25) is 10.0 Å². The maximum absolute atomic E-state index is 11.4. The van der Waals surface area contributed by atoms with Crippen molar-refractivity contribution >= 4 is 16.0 Å². The van der Waals surface area contributed by atoms with Crippen LogP contribution in [0.15, 0.2) is 0 Å². The average molecular weight is 262 g/mol. The summed E-state index contributed by atoms with van der Waals surface area (Å²) >= 11 is 0. The molecular weight excluding hydrogens is 244 g/mol. The quantitative estimate of drug-likeness (QED) is 0.483. The SMILES string of the molecule is COC(=O)CCCS(=O)(=O)NCCCCC#N. The minimum absolute atomic E-state index is 0.0830. The molecule has 0 saturated carbocycles. The average Bonchev–Trinajstić information content (AvgIpc) is 2.28. The van der Waals surface area contributed by atoms with Gasteiger partial charge in [0, 0.05) is 19.4 Å². The number of ether oxygens (including phenoxy) is 1. The van der Waals surface area contributed by atoms with Gasteiger partial charge in [-0.1, -0.05) is 0 Å². The van der Waals surface area contributed by atoms with Crippen LogP contribution in [0.25, 0.3) is 0 Å². The van der Waals surface area contributed by atoms with Gasteiger partial charge in [-0.25, -0.2) is 13.1 Å². The van der Waals surface area contributed by atoms with Gasteiger partial charge in [0.15, 0.2) is 0 Å². The number of nitrogens with one attached hydrogen (secondary N) is 1. The molecule has 0 bridgehead atoms. The van der Waals surface area contributed by atoms with Gasteiger partial charge in [0.25, 0.3) is 0 Å². The molecule has 0 aliphatic rings. The zero-order valence-electron chi connectivity index (χ0n) is 9.94. The van der Waals surface area contributed by atoms with E-state index in [4.69, 9.17) is 5.26 Å². The van der Waals surface area contributed by atoms with E-state index in [1.165, 1.54) is 7.11 Å². The van der Waals surface area contributed by atoms with Gasteiger partial charge in [-0.3, -0.25) is 4.79 Å². The molecule has 17 heavy (non-hydrogen) atoms. The zero-order chi connectivity index (χ0) is 13.1. The van der Waals surface area contributed by atoms with Crippen molar-refractivity contribution in [2.24, 2.45) is 0 Å². The van der Waals surface area contributed by atoms with E-state index in [1.54, 1.807) is 0 Å². The second-order valence-corrected chi connectivity index (χ2v) is 5.43. The van der Waals surface area contributed by atoms with E-state index >= 15 is 0 Å². The Morgan fingerprint density at radius 3 is 2.65 bits per heavy atom. The molecule has 6 nitrogen and oxygen atoms in total. The van der Waals surface area contributed by atoms with Gasteiger partial charge in [-0.05, 0) is 19.3 Å². The maximum Gasteiger partial charge on any atom is 0.305 e. The summed E-state index contributed by atoms with van der Waals surface area (Å²) < 4.78 is 29.6. The number of hydrogen-bond acceptors (Lipinski definition) is 5. The van der Waals surface area contributed by atoms with Crippen LogP contribution in [-0.4, -0.2) is 33.8 Å². The molecule has 0 aliphatic carbocycles. The van der Waals surface area contributed by atoms with Crippen molar-refractivity contribution in [3.63, 3.8) is 0 Å². The molecule has 98 valence electrons. The molecule has 0 aromatic carbocycles. The summed E-state index contributed by atoms with van der Waals surface area (Å²) in [5.41, 5.74) is 0. The van der Waals surface area contributed by atoms with Crippen molar-refractivity contribution in [2.75, 3.05) is 19.4 Å². The second kappa shape index (κ2) is 8.96. The van der Waals surface area contributed by atoms with Gasteiger partial charge in [0.1, 0.15) is 0 Å². The Morgan fingerprint density at radius 2 is 2.06 bits per heavy atom. The van der Waals surface area contributed by atoms with Gasteiger partial charge < -0.3 is 4.74 Å². The predicted molar refractivity (Wildman–Crippen MR) is 62.5 cm³/mol. The third-order valence-corrected chi connectivity index (χ3v) is 3.53.